The maximum atomic E-state index is 11.4. The van der Waals surface area contributed by atoms with Gasteiger partial charge < -0.3 is 9.87 Å². The quantitative estimate of drug-likeness (QED) is 0.754. The lowest BCUT2D eigenvalue weighted by atomic mass is 10.1. The van der Waals surface area contributed by atoms with Gasteiger partial charge in [0.1, 0.15) is 0 Å². The van der Waals surface area contributed by atoms with Gasteiger partial charge in [-0.15, -0.1) is 0 Å². The average Bonchev–Trinajstić information content (AvgIpc) is 2.30. The van der Waals surface area contributed by atoms with Crippen molar-refractivity contribution >= 4 is 17.0 Å². The van der Waals surface area contributed by atoms with Crippen LogP contribution in [0, 0.1) is 0 Å². The van der Waals surface area contributed by atoms with Crippen LogP contribution in [0.5, 0.6) is 0 Å². The van der Waals surface area contributed by atoms with Gasteiger partial charge in [-0.1, -0.05) is 30.3 Å². The number of rotatable bonds is 6. The second kappa shape index (κ2) is 7.19. The smallest absolute Gasteiger partial charge is 0.221 e. The molecular weight excluding hydrogens is 238 g/mol. The molecule has 1 aromatic carbocycles. The van der Waals surface area contributed by atoms with Gasteiger partial charge in [0.2, 0.25) is 5.91 Å². The minimum atomic E-state index is -1.93. The van der Waals surface area contributed by atoms with Crippen molar-refractivity contribution in [3.05, 3.63) is 35.9 Å². The summed E-state index contributed by atoms with van der Waals surface area (Å²) in [5.74, 6) is -0.184. The number of hydrogen-bond acceptors (Lipinski definition) is 2. The molecule has 1 unspecified atom stereocenters. The van der Waals surface area contributed by atoms with E-state index in [0.29, 0.717) is 6.54 Å². The number of carbonyl (C=O) groups is 1. The second-order valence-corrected chi connectivity index (χ2v) is 5.23. The maximum absolute atomic E-state index is 11.4. The molecule has 1 rings (SSSR count). The Bertz CT molecular complexity index is 381. The largest absolute Gasteiger partial charge is 0.356 e. The van der Waals surface area contributed by atoms with Gasteiger partial charge in [0.15, 0.2) is 11.1 Å². The van der Waals surface area contributed by atoms with Crippen LogP contribution >= 0.6 is 0 Å². The first kappa shape index (κ1) is 13.9. The molecule has 0 saturated heterocycles. The van der Waals surface area contributed by atoms with Crippen molar-refractivity contribution in [2.45, 2.75) is 25.0 Å². The highest BCUT2D eigenvalue weighted by atomic mass is 32.2. The number of amides is 1. The van der Waals surface area contributed by atoms with Crippen molar-refractivity contribution in [3.63, 3.8) is 0 Å². The van der Waals surface area contributed by atoms with Crippen molar-refractivity contribution < 1.29 is 13.6 Å². The Balaban J connectivity index is 2.23. The van der Waals surface area contributed by atoms with Crippen LogP contribution < -0.4 is 5.32 Å². The summed E-state index contributed by atoms with van der Waals surface area (Å²) < 4.78 is 19.4. The van der Waals surface area contributed by atoms with Crippen LogP contribution in [0.25, 0.3) is 0 Å². The Kier molecular flexibility index (Phi) is 5.86. The lowest BCUT2D eigenvalue weighted by molar-refractivity contribution is -0.121. The van der Waals surface area contributed by atoms with Crippen molar-refractivity contribution in [1.29, 1.82) is 0 Å². The molecule has 0 aliphatic heterocycles. The van der Waals surface area contributed by atoms with Crippen molar-refractivity contribution in [3.8, 4) is 0 Å². The summed E-state index contributed by atoms with van der Waals surface area (Å²) >= 11 is -1.93. The summed E-state index contributed by atoms with van der Waals surface area (Å²) in [6, 6.07) is 9.84. The number of hydrogen-bond donors (Lipinski definition) is 2. The molecule has 94 valence electrons. The Hall–Kier alpha value is -1.20. The van der Waals surface area contributed by atoms with Gasteiger partial charge in [0.25, 0.3) is 0 Å². The predicted molar refractivity (Wildman–Crippen MR) is 68.0 cm³/mol. The Labute approximate surface area is 104 Å². The van der Waals surface area contributed by atoms with Crippen LogP contribution in [0.3, 0.4) is 0 Å². The van der Waals surface area contributed by atoms with Gasteiger partial charge >= 0.3 is 0 Å². The lowest BCUT2D eigenvalue weighted by Gasteiger charge is -2.08. The molecule has 4 nitrogen and oxygen atoms in total. The maximum Gasteiger partial charge on any atom is 0.221 e. The van der Waals surface area contributed by atoms with E-state index in [1.807, 2.05) is 30.3 Å². The van der Waals surface area contributed by atoms with Gasteiger partial charge in [-0.05, 0) is 18.9 Å². The van der Waals surface area contributed by atoms with E-state index >= 15 is 0 Å². The van der Waals surface area contributed by atoms with E-state index in [-0.39, 0.29) is 12.3 Å². The molecule has 1 amide bonds. The van der Waals surface area contributed by atoms with Gasteiger partial charge in [-0.3, -0.25) is 4.79 Å². The molecule has 1 aromatic rings. The van der Waals surface area contributed by atoms with Crippen molar-refractivity contribution in [1.82, 2.24) is 5.32 Å². The van der Waals surface area contributed by atoms with Gasteiger partial charge in [0.05, 0.1) is 5.25 Å². The standard InChI is InChI=1S/C12H17NO3S/c1-10(17(15)16)9-12(14)13-8-7-11-5-3-2-4-6-11/h2-6,10H,7-9H2,1H3,(H,13,14)(H,15,16)/t10-/m1/s1. The third-order valence-corrected chi connectivity index (χ3v) is 3.25. The molecule has 0 spiro atoms. The fourth-order valence-corrected chi connectivity index (χ4v) is 1.69. The third kappa shape index (κ3) is 5.60. The van der Waals surface area contributed by atoms with E-state index in [1.54, 1.807) is 6.92 Å². The summed E-state index contributed by atoms with van der Waals surface area (Å²) in [6.45, 7) is 2.13. The van der Waals surface area contributed by atoms with Crippen LogP contribution in [0.2, 0.25) is 0 Å². The van der Waals surface area contributed by atoms with Crippen LogP contribution in [0.4, 0.5) is 0 Å². The highest BCUT2D eigenvalue weighted by molar-refractivity contribution is 7.79. The molecule has 2 atom stereocenters. The number of carbonyl (C=O) groups excluding carboxylic acids is 1. The van der Waals surface area contributed by atoms with Crippen molar-refractivity contribution in [2.75, 3.05) is 6.54 Å². The predicted octanol–water partition coefficient (Wildman–Crippen LogP) is 1.35. The second-order valence-electron chi connectivity index (χ2n) is 3.88. The highest BCUT2D eigenvalue weighted by Crippen LogP contribution is 2.00. The molecule has 0 bridgehead atoms. The summed E-state index contributed by atoms with van der Waals surface area (Å²) in [5.41, 5.74) is 1.16. The molecular formula is C12H17NO3S. The lowest BCUT2D eigenvalue weighted by Crippen LogP contribution is -2.29. The van der Waals surface area contributed by atoms with Crippen LogP contribution in [-0.4, -0.2) is 26.5 Å². The fourth-order valence-electron chi connectivity index (χ4n) is 1.40. The van der Waals surface area contributed by atoms with E-state index in [0.717, 1.165) is 12.0 Å². The average molecular weight is 255 g/mol. The topological polar surface area (TPSA) is 66.4 Å². The summed E-state index contributed by atoms with van der Waals surface area (Å²) in [4.78, 5) is 11.4. The molecule has 0 heterocycles. The molecule has 0 aliphatic carbocycles. The zero-order chi connectivity index (χ0) is 12.7. The first-order chi connectivity index (χ1) is 8.09. The zero-order valence-corrected chi connectivity index (χ0v) is 10.6. The Morgan fingerprint density at radius 2 is 2.06 bits per heavy atom. The highest BCUT2D eigenvalue weighted by Gasteiger charge is 2.13. The number of nitrogens with one attached hydrogen (secondary N) is 1. The monoisotopic (exact) mass is 255 g/mol. The summed E-state index contributed by atoms with van der Waals surface area (Å²) in [7, 11) is 0. The van der Waals surface area contributed by atoms with E-state index < -0.39 is 16.3 Å². The molecule has 2 N–H and O–H groups in total. The Morgan fingerprint density at radius 1 is 1.41 bits per heavy atom. The molecule has 0 aliphatic rings. The molecule has 0 fully saturated rings. The minimum absolute atomic E-state index is 0.0813. The summed E-state index contributed by atoms with van der Waals surface area (Å²) in [5, 5.41) is 2.21. The van der Waals surface area contributed by atoms with Crippen molar-refractivity contribution in [2.24, 2.45) is 0 Å². The van der Waals surface area contributed by atoms with E-state index in [1.165, 1.54) is 0 Å². The zero-order valence-electron chi connectivity index (χ0n) is 9.76. The normalized spacial score (nSPS) is 14.0. The summed E-state index contributed by atoms with van der Waals surface area (Å²) in [6.07, 6.45) is 0.848. The van der Waals surface area contributed by atoms with E-state index in [2.05, 4.69) is 5.32 Å². The van der Waals surface area contributed by atoms with Crippen LogP contribution in [-0.2, 0) is 22.3 Å². The van der Waals surface area contributed by atoms with Gasteiger partial charge in [-0.25, -0.2) is 4.21 Å². The molecule has 5 heteroatoms. The molecule has 17 heavy (non-hydrogen) atoms. The molecule has 0 aromatic heterocycles. The van der Waals surface area contributed by atoms with Gasteiger partial charge in [0, 0.05) is 13.0 Å². The van der Waals surface area contributed by atoms with E-state index in [9.17, 15) is 9.00 Å². The molecule has 0 saturated carbocycles. The first-order valence-electron chi connectivity index (χ1n) is 5.50. The van der Waals surface area contributed by atoms with Crippen LogP contribution in [0.1, 0.15) is 18.9 Å². The third-order valence-electron chi connectivity index (χ3n) is 2.40. The first-order valence-corrected chi connectivity index (χ1v) is 6.67. The number of benzene rings is 1. The Morgan fingerprint density at radius 3 is 2.65 bits per heavy atom. The minimum Gasteiger partial charge on any atom is -0.356 e. The SMILES string of the molecule is C[C@H](CC(=O)NCCc1ccccc1)S(=O)O. The van der Waals surface area contributed by atoms with Crippen LogP contribution in [0.15, 0.2) is 30.3 Å². The fraction of sp³-hybridized carbons (Fsp3) is 0.417. The molecule has 0 radical (unpaired) electrons. The van der Waals surface area contributed by atoms with E-state index in [4.69, 9.17) is 4.55 Å². The van der Waals surface area contributed by atoms with Gasteiger partial charge in [-0.2, -0.15) is 0 Å².